The summed E-state index contributed by atoms with van der Waals surface area (Å²) in [6, 6.07) is 0. The number of imidazole rings is 1. The summed E-state index contributed by atoms with van der Waals surface area (Å²) in [5.74, 6) is 0.733. The smallest absolute Gasteiger partial charge is 0.239 e. The molecule has 0 saturated carbocycles. The lowest BCUT2D eigenvalue weighted by Crippen LogP contribution is -2.28. The molecule has 0 atom stereocenters. The van der Waals surface area contributed by atoms with Crippen LogP contribution in [0.4, 0.5) is 0 Å². The second-order valence-electron chi connectivity index (χ2n) is 3.03. The molecule has 1 aromatic heterocycles. The van der Waals surface area contributed by atoms with Crippen LogP contribution in [0.3, 0.4) is 0 Å². The van der Waals surface area contributed by atoms with Gasteiger partial charge in [-0.15, -0.1) is 0 Å². The standard InChI is InChI=1S/C9H16N4O/c1-2-3-12-9(14)7-13-5-4-11-8(13)6-10/h4-5H,2-3,6-7,10H2,1H3,(H,12,14). The average Bonchev–Trinajstić information content (AvgIpc) is 2.62. The maximum absolute atomic E-state index is 11.3. The number of nitrogens with two attached hydrogens (primary N) is 1. The van der Waals surface area contributed by atoms with Crippen LogP contribution in [0.1, 0.15) is 19.2 Å². The summed E-state index contributed by atoms with van der Waals surface area (Å²) in [5, 5.41) is 2.79. The second-order valence-corrected chi connectivity index (χ2v) is 3.03. The topological polar surface area (TPSA) is 72.9 Å². The summed E-state index contributed by atoms with van der Waals surface area (Å²) in [4.78, 5) is 15.4. The molecule has 0 fully saturated rings. The van der Waals surface area contributed by atoms with Gasteiger partial charge in [0.05, 0.1) is 6.54 Å². The molecule has 1 rings (SSSR count). The first kappa shape index (κ1) is 10.7. The van der Waals surface area contributed by atoms with Crippen molar-refractivity contribution in [3.05, 3.63) is 18.2 Å². The van der Waals surface area contributed by atoms with Gasteiger partial charge in [0, 0.05) is 18.9 Å². The van der Waals surface area contributed by atoms with E-state index in [0.717, 1.165) is 12.2 Å². The highest BCUT2D eigenvalue weighted by Gasteiger charge is 2.04. The number of nitrogens with one attached hydrogen (secondary N) is 1. The van der Waals surface area contributed by atoms with Crippen LogP contribution in [0.5, 0.6) is 0 Å². The quantitative estimate of drug-likeness (QED) is 0.689. The van der Waals surface area contributed by atoms with E-state index in [-0.39, 0.29) is 5.91 Å². The summed E-state index contributed by atoms with van der Waals surface area (Å²) >= 11 is 0. The monoisotopic (exact) mass is 196 g/mol. The van der Waals surface area contributed by atoms with Crippen LogP contribution in [0.25, 0.3) is 0 Å². The van der Waals surface area contributed by atoms with Crippen molar-refractivity contribution in [3.63, 3.8) is 0 Å². The lowest BCUT2D eigenvalue weighted by Gasteiger charge is -2.06. The van der Waals surface area contributed by atoms with E-state index < -0.39 is 0 Å². The predicted octanol–water partition coefficient (Wildman–Crippen LogP) is -0.132. The first-order chi connectivity index (χ1) is 6.77. The summed E-state index contributed by atoms with van der Waals surface area (Å²) in [6.07, 6.45) is 4.35. The summed E-state index contributed by atoms with van der Waals surface area (Å²) in [6.45, 7) is 3.38. The highest BCUT2D eigenvalue weighted by Crippen LogP contribution is 1.95. The third-order valence-electron chi connectivity index (χ3n) is 1.87. The van der Waals surface area contributed by atoms with Crippen molar-refractivity contribution >= 4 is 5.91 Å². The van der Waals surface area contributed by atoms with Crippen molar-refractivity contribution < 1.29 is 4.79 Å². The van der Waals surface area contributed by atoms with Crippen LogP contribution in [0.2, 0.25) is 0 Å². The molecule has 0 bridgehead atoms. The Kier molecular flexibility index (Phi) is 4.12. The zero-order valence-corrected chi connectivity index (χ0v) is 8.36. The normalized spacial score (nSPS) is 10.1. The molecule has 5 heteroatoms. The van der Waals surface area contributed by atoms with E-state index in [1.54, 1.807) is 17.0 Å². The van der Waals surface area contributed by atoms with E-state index in [1.807, 2.05) is 6.92 Å². The molecule has 1 heterocycles. The number of rotatable bonds is 5. The van der Waals surface area contributed by atoms with Gasteiger partial charge in [0.1, 0.15) is 12.4 Å². The van der Waals surface area contributed by atoms with Crippen LogP contribution < -0.4 is 11.1 Å². The van der Waals surface area contributed by atoms with Gasteiger partial charge in [-0.3, -0.25) is 4.79 Å². The van der Waals surface area contributed by atoms with Gasteiger partial charge in [-0.25, -0.2) is 4.98 Å². The van der Waals surface area contributed by atoms with Crippen molar-refractivity contribution in [1.29, 1.82) is 0 Å². The second kappa shape index (κ2) is 5.39. The first-order valence-corrected chi connectivity index (χ1v) is 4.74. The molecule has 1 amide bonds. The Morgan fingerprint density at radius 3 is 3.14 bits per heavy atom. The Hall–Kier alpha value is -1.36. The lowest BCUT2D eigenvalue weighted by atomic mass is 10.4. The molecule has 0 saturated heterocycles. The van der Waals surface area contributed by atoms with Crippen LogP contribution in [0.15, 0.2) is 12.4 Å². The van der Waals surface area contributed by atoms with E-state index in [0.29, 0.717) is 19.6 Å². The van der Waals surface area contributed by atoms with E-state index in [2.05, 4.69) is 10.3 Å². The average molecular weight is 196 g/mol. The van der Waals surface area contributed by atoms with E-state index in [4.69, 9.17) is 5.73 Å². The SMILES string of the molecule is CCCNC(=O)Cn1ccnc1CN. The minimum atomic E-state index is -0.000417. The van der Waals surface area contributed by atoms with Crippen molar-refractivity contribution in [1.82, 2.24) is 14.9 Å². The van der Waals surface area contributed by atoms with E-state index in [1.165, 1.54) is 0 Å². The van der Waals surface area contributed by atoms with Gasteiger partial charge >= 0.3 is 0 Å². The zero-order chi connectivity index (χ0) is 10.4. The van der Waals surface area contributed by atoms with Gasteiger partial charge in [0.25, 0.3) is 0 Å². The predicted molar refractivity (Wildman–Crippen MR) is 53.4 cm³/mol. The van der Waals surface area contributed by atoms with Crippen molar-refractivity contribution in [2.45, 2.75) is 26.4 Å². The zero-order valence-electron chi connectivity index (χ0n) is 8.36. The van der Waals surface area contributed by atoms with Crippen LogP contribution >= 0.6 is 0 Å². The minimum Gasteiger partial charge on any atom is -0.355 e. The maximum Gasteiger partial charge on any atom is 0.239 e. The molecular weight excluding hydrogens is 180 g/mol. The summed E-state index contributed by atoms with van der Waals surface area (Å²) < 4.78 is 1.75. The molecular formula is C9H16N4O. The molecule has 1 aromatic rings. The largest absolute Gasteiger partial charge is 0.355 e. The minimum absolute atomic E-state index is 0.000417. The highest BCUT2D eigenvalue weighted by atomic mass is 16.1. The molecule has 0 unspecified atom stereocenters. The number of carbonyl (C=O) groups excluding carboxylic acids is 1. The number of amides is 1. The molecule has 78 valence electrons. The first-order valence-electron chi connectivity index (χ1n) is 4.74. The third kappa shape index (κ3) is 2.85. The molecule has 3 N–H and O–H groups in total. The molecule has 0 aliphatic heterocycles. The molecule has 14 heavy (non-hydrogen) atoms. The molecule has 5 nitrogen and oxygen atoms in total. The van der Waals surface area contributed by atoms with Crippen molar-refractivity contribution in [2.75, 3.05) is 6.54 Å². The number of hydrogen-bond donors (Lipinski definition) is 2. The fraction of sp³-hybridized carbons (Fsp3) is 0.556. The van der Waals surface area contributed by atoms with Gasteiger partial charge in [-0.1, -0.05) is 6.92 Å². The summed E-state index contributed by atoms with van der Waals surface area (Å²) in [7, 11) is 0. The molecule has 0 radical (unpaired) electrons. The van der Waals surface area contributed by atoms with Gasteiger partial charge in [-0.2, -0.15) is 0 Å². The molecule has 0 aromatic carbocycles. The Morgan fingerprint density at radius 2 is 2.50 bits per heavy atom. The number of aromatic nitrogens is 2. The van der Waals surface area contributed by atoms with E-state index in [9.17, 15) is 4.79 Å². The fourth-order valence-electron chi connectivity index (χ4n) is 1.15. The Balaban J connectivity index is 2.47. The van der Waals surface area contributed by atoms with Gasteiger partial charge in [-0.05, 0) is 6.42 Å². The van der Waals surface area contributed by atoms with Crippen LogP contribution in [-0.2, 0) is 17.9 Å². The van der Waals surface area contributed by atoms with Gasteiger partial charge in [0.15, 0.2) is 0 Å². The van der Waals surface area contributed by atoms with Crippen LogP contribution in [0, 0.1) is 0 Å². The molecule has 0 aliphatic rings. The maximum atomic E-state index is 11.3. The van der Waals surface area contributed by atoms with E-state index >= 15 is 0 Å². The Bertz CT molecular complexity index is 295. The Labute approximate surface area is 83.3 Å². The fourth-order valence-corrected chi connectivity index (χ4v) is 1.15. The van der Waals surface area contributed by atoms with Crippen LogP contribution in [-0.4, -0.2) is 22.0 Å². The number of hydrogen-bond acceptors (Lipinski definition) is 3. The van der Waals surface area contributed by atoms with Crippen molar-refractivity contribution in [3.8, 4) is 0 Å². The lowest BCUT2D eigenvalue weighted by molar-refractivity contribution is -0.121. The third-order valence-corrected chi connectivity index (χ3v) is 1.87. The molecule has 0 spiro atoms. The molecule has 0 aliphatic carbocycles. The van der Waals surface area contributed by atoms with Crippen molar-refractivity contribution in [2.24, 2.45) is 5.73 Å². The number of nitrogens with zero attached hydrogens (tertiary/aromatic N) is 2. The summed E-state index contributed by atoms with van der Waals surface area (Å²) in [5.41, 5.74) is 5.46. The number of carbonyl (C=O) groups is 1. The Morgan fingerprint density at radius 1 is 1.71 bits per heavy atom. The highest BCUT2D eigenvalue weighted by molar-refractivity contribution is 5.75. The van der Waals surface area contributed by atoms with Gasteiger partial charge < -0.3 is 15.6 Å². The van der Waals surface area contributed by atoms with Gasteiger partial charge in [0.2, 0.25) is 5.91 Å².